The Balaban J connectivity index is 1.54. The molecule has 0 saturated heterocycles. The van der Waals surface area contributed by atoms with E-state index in [0.29, 0.717) is 0 Å². The number of para-hydroxylation sites is 3. The van der Waals surface area contributed by atoms with Crippen molar-refractivity contribution >= 4 is 44.9 Å². The summed E-state index contributed by atoms with van der Waals surface area (Å²) in [5, 5.41) is 2.57. The standard InChI is InChI=1S/C22H17N3OS/c26-21(15-16-22-23-19-13-7-8-14-20(19)27-22)24-25(17-9-3-1-4-10-17)18-11-5-2-6-12-18/h1-16H,(H,24,26)/b16-15+. The molecule has 0 aliphatic rings. The Labute approximate surface area is 161 Å². The van der Waals surface area contributed by atoms with Crippen LogP contribution >= 0.6 is 11.3 Å². The monoisotopic (exact) mass is 371 g/mol. The number of rotatable bonds is 5. The summed E-state index contributed by atoms with van der Waals surface area (Å²) in [6.07, 6.45) is 3.25. The summed E-state index contributed by atoms with van der Waals surface area (Å²) in [6, 6.07) is 27.4. The minimum absolute atomic E-state index is 0.220. The molecule has 4 aromatic rings. The molecule has 1 amide bonds. The zero-order valence-corrected chi connectivity index (χ0v) is 15.3. The smallest absolute Gasteiger partial charge is 0.262 e. The zero-order chi connectivity index (χ0) is 18.5. The number of nitrogens with zero attached hydrogens (tertiary/aromatic N) is 2. The second kappa shape index (κ2) is 7.85. The van der Waals surface area contributed by atoms with Crippen molar-refractivity contribution in [1.82, 2.24) is 10.4 Å². The van der Waals surface area contributed by atoms with Gasteiger partial charge in [0.2, 0.25) is 0 Å². The summed E-state index contributed by atoms with van der Waals surface area (Å²) in [7, 11) is 0. The van der Waals surface area contributed by atoms with Crippen LogP contribution in [0.15, 0.2) is 91.0 Å². The van der Waals surface area contributed by atoms with Gasteiger partial charge in [-0.15, -0.1) is 11.3 Å². The Hall–Kier alpha value is -3.44. The maximum absolute atomic E-state index is 12.5. The summed E-state index contributed by atoms with van der Waals surface area (Å²) in [5.41, 5.74) is 5.64. The number of hydrogen-bond donors (Lipinski definition) is 1. The first-order valence-corrected chi connectivity index (χ1v) is 9.36. The third-order valence-corrected chi connectivity index (χ3v) is 4.94. The number of fused-ring (bicyclic) bond motifs is 1. The van der Waals surface area contributed by atoms with Crippen LogP contribution in [0, 0.1) is 0 Å². The van der Waals surface area contributed by atoms with E-state index in [2.05, 4.69) is 10.4 Å². The van der Waals surface area contributed by atoms with Crippen LogP contribution in [0.3, 0.4) is 0 Å². The lowest BCUT2D eigenvalue weighted by Crippen LogP contribution is -2.37. The van der Waals surface area contributed by atoms with Gasteiger partial charge < -0.3 is 0 Å². The number of anilines is 2. The molecule has 4 nitrogen and oxygen atoms in total. The second-order valence-corrected chi connectivity index (χ2v) is 6.90. The lowest BCUT2D eigenvalue weighted by atomic mass is 10.2. The highest BCUT2D eigenvalue weighted by atomic mass is 32.1. The van der Waals surface area contributed by atoms with Crippen molar-refractivity contribution in [3.63, 3.8) is 0 Å². The molecule has 5 heteroatoms. The van der Waals surface area contributed by atoms with Gasteiger partial charge in [-0.05, 0) is 42.5 Å². The van der Waals surface area contributed by atoms with Crippen molar-refractivity contribution in [2.75, 3.05) is 5.01 Å². The van der Waals surface area contributed by atoms with Crippen LogP contribution in [0.4, 0.5) is 11.4 Å². The first kappa shape index (κ1) is 17.0. The van der Waals surface area contributed by atoms with Gasteiger partial charge in [0.1, 0.15) is 5.01 Å². The predicted molar refractivity (Wildman–Crippen MR) is 112 cm³/mol. The molecule has 3 aromatic carbocycles. The fourth-order valence-electron chi connectivity index (χ4n) is 2.69. The Morgan fingerprint density at radius 2 is 1.44 bits per heavy atom. The van der Waals surface area contributed by atoms with Crippen LogP contribution in [0.1, 0.15) is 5.01 Å². The van der Waals surface area contributed by atoms with Gasteiger partial charge in [0.05, 0.1) is 21.6 Å². The number of thiazole rings is 1. The molecule has 27 heavy (non-hydrogen) atoms. The highest BCUT2D eigenvalue weighted by Gasteiger charge is 2.11. The van der Waals surface area contributed by atoms with E-state index >= 15 is 0 Å². The van der Waals surface area contributed by atoms with E-state index in [1.807, 2.05) is 84.9 Å². The summed E-state index contributed by atoms with van der Waals surface area (Å²) in [4.78, 5) is 17.0. The number of nitrogens with one attached hydrogen (secondary N) is 1. The normalized spacial score (nSPS) is 11.0. The van der Waals surface area contributed by atoms with E-state index in [4.69, 9.17) is 0 Å². The zero-order valence-electron chi connectivity index (χ0n) is 14.4. The van der Waals surface area contributed by atoms with E-state index in [1.165, 1.54) is 6.08 Å². The van der Waals surface area contributed by atoms with Gasteiger partial charge in [0, 0.05) is 6.08 Å². The SMILES string of the molecule is O=C(/C=C/c1nc2ccccc2s1)NN(c1ccccc1)c1ccccc1. The molecule has 0 aliphatic carbocycles. The number of hydrogen-bond acceptors (Lipinski definition) is 4. The van der Waals surface area contributed by atoms with Crippen molar-refractivity contribution in [2.45, 2.75) is 0 Å². The van der Waals surface area contributed by atoms with E-state index in [1.54, 1.807) is 22.4 Å². The van der Waals surface area contributed by atoms with Gasteiger partial charge in [0.15, 0.2) is 0 Å². The van der Waals surface area contributed by atoms with Crippen LogP contribution in [0.2, 0.25) is 0 Å². The largest absolute Gasteiger partial charge is 0.268 e. The minimum atomic E-state index is -0.220. The second-order valence-electron chi connectivity index (χ2n) is 5.84. The minimum Gasteiger partial charge on any atom is -0.268 e. The predicted octanol–water partition coefficient (Wildman–Crippen LogP) is 5.18. The fraction of sp³-hybridized carbons (Fsp3) is 0. The van der Waals surface area contributed by atoms with Gasteiger partial charge in [-0.25, -0.2) is 4.98 Å². The van der Waals surface area contributed by atoms with Gasteiger partial charge in [-0.2, -0.15) is 0 Å². The van der Waals surface area contributed by atoms with Gasteiger partial charge in [-0.1, -0.05) is 48.5 Å². The quantitative estimate of drug-likeness (QED) is 0.388. The van der Waals surface area contributed by atoms with E-state index in [0.717, 1.165) is 26.6 Å². The molecule has 1 N–H and O–H groups in total. The summed E-state index contributed by atoms with van der Waals surface area (Å²) >= 11 is 1.56. The van der Waals surface area contributed by atoms with Crippen LogP contribution in [-0.4, -0.2) is 10.9 Å². The average molecular weight is 371 g/mol. The Morgan fingerprint density at radius 1 is 0.852 bits per heavy atom. The molecule has 1 aromatic heterocycles. The molecular weight excluding hydrogens is 354 g/mol. The summed E-state index contributed by atoms with van der Waals surface area (Å²) in [5.74, 6) is -0.220. The molecule has 0 spiro atoms. The molecule has 132 valence electrons. The van der Waals surface area contributed by atoms with E-state index < -0.39 is 0 Å². The molecule has 0 unspecified atom stereocenters. The van der Waals surface area contributed by atoms with Crippen molar-refractivity contribution in [3.05, 3.63) is 96.0 Å². The van der Waals surface area contributed by atoms with Crippen molar-refractivity contribution < 1.29 is 4.79 Å². The first-order chi connectivity index (χ1) is 13.3. The number of benzene rings is 3. The fourth-order valence-corrected chi connectivity index (χ4v) is 3.56. The summed E-state index contributed by atoms with van der Waals surface area (Å²) < 4.78 is 1.10. The molecule has 1 heterocycles. The average Bonchev–Trinajstić information content (AvgIpc) is 3.15. The van der Waals surface area contributed by atoms with Gasteiger partial charge in [0.25, 0.3) is 5.91 Å². The molecule has 4 rings (SSSR count). The molecule has 0 atom stereocenters. The molecule has 0 radical (unpaired) electrons. The molecular formula is C22H17N3OS. The Kier molecular flexibility index (Phi) is 4.94. The van der Waals surface area contributed by atoms with E-state index in [9.17, 15) is 4.79 Å². The van der Waals surface area contributed by atoms with Crippen LogP contribution in [0.25, 0.3) is 16.3 Å². The van der Waals surface area contributed by atoms with Crippen molar-refractivity contribution in [1.29, 1.82) is 0 Å². The van der Waals surface area contributed by atoms with Crippen LogP contribution in [0.5, 0.6) is 0 Å². The lowest BCUT2D eigenvalue weighted by molar-refractivity contribution is -0.116. The number of amides is 1. The number of aromatic nitrogens is 1. The van der Waals surface area contributed by atoms with Gasteiger partial charge >= 0.3 is 0 Å². The third kappa shape index (κ3) is 4.04. The van der Waals surface area contributed by atoms with Gasteiger partial charge in [-0.3, -0.25) is 15.2 Å². The highest BCUT2D eigenvalue weighted by molar-refractivity contribution is 7.19. The van der Waals surface area contributed by atoms with Crippen LogP contribution < -0.4 is 10.4 Å². The summed E-state index contributed by atoms with van der Waals surface area (Å²) in [6.45, 7) is 0. The Bertz CT molecular complexity index is 1000. The number of carbonyl (C=O) groups is 1. The third-order valence-electron chi connectivity index (χ3n) is 3.94. The first-order valence-electron chi connectivity index (χ1n) is 8.54. The van der Waals surface area contributed by atoms with Crippen molar-refractivity contribution in [2.24, 2.45) is 0 Å². The Morgan fingerprint density at radius 3 is 2.07 bits per heavy atom. The van der Waals surface area contributed by atoms with E-state index in [-0.39, 0.29) is 5.91 Å². The van der Waals surface area contributed by atoms with Crippen molar-refractivity contribution in [3.8, 4) is 0 Å². The molecule has 0 bridgehead atoms. The number of hydrazine groups is 1. The molecule has 0 aliphatic heterocycles. The maximum Gasteiger partial charge on any atom is 0.262 e. The molecule has 0 fully saturated rings. The molecule has 0 saturated carbocycles. The lowest BCUT2D eigenvalue weighted by Gasteiger charge is -2.24. The van der Waals surface area contributed by atoms with Crippen LogP contribution in [-0.2, 0) is 4.79 Å². The topological polar surface area (TPSA) is 45.2 Å². The highest BCUT2D eigenvalue weighted by Crippen LogP contribution is 2.24. The number of carbonyl (C=O) groups excluding carboxylic acids is 1. The maximum atomic E-state index is 12.5.